The van der Waals surface area contributed by atoms with Crippen LogP contribution in [0, 0.1) is 6.92 Å². The summed E-state index contributed by atoms with van der Waals surface area (Å²) in [6, 6.07) is 6.09. The van der Waals surface area contributed by atoms with E-state index in [1.54, 1.807) is 0 Å². The number of esters is 1. The van der Waals surface area contributed by atoms with E-state index in [2.05, 4.69) is 32.0 Å². The predicted molar refractivity (Wildman–Crippen MR) is 68.6 cm³/mol. The second-order valence-electron chi connectivity index (χ2n) is 3.57. The fourth-order valence-electron chi connectivity index (χ4n) is 1.32. The van der Waals surface area contributed by atoms with Crippen molar-refractivity contribution < 1.29 is 9.53 Å². The highest BCUT2D eigenvalue weighted by Crippen LogP contribution is 2.19. The third kappa shape index (κ3) is 4.23. The third-order valence-electron chi connectivity index (χ3n) is 2.27. The predicted octanol–water partition coefficient (Wildman–Crippen LogP) is 3.12. The molecule has 0 aliphatic heterocycles. The topological polar surface area (TPSA) is 38.3 Å². The Labute approximate surface area is 104 Å². The zero-order valence-electron chi connectivity index (χ0n) is 9.55. The van der Waals surface area contributed by atoms with E-state index in [0.717, 1.165) is 23.1 Å². The van der Waals surface area contributed by atoms with E-state index in [9.17, 15) is 4.79 Å². The average Bonchev–Trinajstić information content (AvgIpc) is 2.28. The van der Waals surface area contributed by atoms with Crippen LogP contribution in [0.3, 0.4) is 0 Å². The lowest BCUT2D eigenvalue weighted by atomic mass is 10.2. The molecule has 0 spiro atoms. The summed E-state index contributed by atoms with van der Waals surface area (Å²) in [5.74, 6) is -0.159. The van der Waals surface area contributed by atoms with Crippen LogP contribution in [-0.4, -0.2) is 19.6 Å². The maximum atomic E-state index is 10.9. The molecule has 3 nitrogen and oxygen atoms in total. The van der Waals surface area contributed by atoms with Gasteiger partial charge in [0.05, 0.1) is 7.11 Å². The molecule has 0 amide bonds. The summed E-state index contributed by atoms with van der Waals surface area (Å²) in [6.45, 7) is 2.82. The van der Waals surface area contributed by atoms with Crippen LogP contribution in [0.25, 0.3) is 0 Å². The van der Waals surface area contributed by atoms with Gasteiger partial charge in [0.25, 0.3) is 0 Å². The molecule has 16 heavy (non-hydrogen) atoms. The molecule has 1 N–H and O–H groups in total. The standard InChI is InChI=1S/C12H16BrNO2/c1-9-8-10(5-6-11(9)13)14-7-3-4-12(15)16-2/h5-6,8,14H,3-4,7H2,1-2H3. The molecule has 1 aromatic rings. The third-order valence-corrected chi connectivity index (χ3v) is 3.16. The minimum Gasteiger partial charge on any atom is -0.469 e. The monoisotopic (exact) mass is 285 g/mol. The average molecular weight is 286 g/mol. The number of ether oxygens (including phenoxy) is 1. The number of anilines is 1. The minimum absolute atomic E-state index is 0.159. The van der Waals surface area contributed by atoms with Crippen LogP contribution in [0.2, 0.25) is 0 Å². The van der Waals surface area contributed by atoms with E-state index < -0.39 is 0 Å². The smallest absolute Gasteiger partial charge is 0.305 e. The van der Waals surface area contributed by atoms with Crippen molar-refractivity contribution in [2.24, 2.45) is 0 Å². The Morgan fingerprint density at radius 1 is 1.50 bits per heavy atom. The van der Waals surface area contributed by atoms with E-state index in [1.807, 2.05) is 19.1 Å². The van der Waals surface area contributed by atoms with Gasteiger partial charge in [-0.3, -0.25) is 4.79 Å². The lowest BCUT2D eigenvalue weighted by Crippen LogP contribution is -2.06. The SMILES string of the molecule is COC(=O)CCCNc1ccc(Br)c(C)c1. The summed E-state index contributed by atoms with van der Waals surface area (Å²) in [6.07, 6.45) is 1.24. The van der Waals surface area contributed by atoms with Crippen LogP contribution in [0.15, 0.2) is 22.7 Å². The van der Waals surface area contributed by atoms with Gasteiger partial charge in [-0.05, 0) is 37.1 Å². The first kappa shape index (κ1) is 13.0. The maximum Gasteiger partial charge on any atom is 0.305 e. The fourth-order valence-corrected chi connectivity index (χ4v) is 1.57. The molecule has 0 atom stereocenters. The molecule has 1 rings (SSSR count). The summed E-state index contributed by atoms with van der Waals surface area (Å²) in [5.41, 5.74) is 2.27. The van der Waals surface area contributed by atoms with E-state index in [1.165, 1.54) is 12.7 Å². The molecule has 1 aromatic carbocycles. The first-order chi connectivity index (χ1) is 7.63. The Kier molecular flexibility index (Phi) is 5.32. The number of aryl methyl sites for hydroxylation is 1. The van der Waals surface area contributed by atoms with Crippen LogP contribution >= 0.6 is 15.9 Å². The van der Waals surface area contributed by atoms with E-state index in [0.29, 0.717) is 6.42 Å². The van der Waals surface area contributed by atoms with Crippen LogP contribution in [-0.2, 0) is 9.53 Å². The number of hydrogen-bond acceptors (Lipinski definition) is 3. The van der Waals surface area contributed by atoms with Gasteiger partial charge in [0.15, 0.2) is 0 Å². The van der Waals surface area contributed by atoms with Crippen molar-refractivity contribution >= 4 is 27.6 Å². The molecular formula is C12H16BrNO2. The molecule has 0 aromatic heterocycles. The largest absolute Gasteiger partial charge is 0.469 e. The number of nitrogens with one attached hydrogen (secondary N) is 1. The lowest BCUT2D eigenvalue weighted by Gasteiger charge is -2.07. The van der Waals surface area contributed by atoms with Crippen molar-refractivity contribution in [2.75, 3.05) is 19.0 Å². The van der Waals surface area contributed by atoms with Crippen molar-refractivity contribution in [1.29, 1.82) is 0 Å². The second-order valence-corrected chi connectivity index (χ2v) is 4.42. The highest BCUT2D eigenvalue weighted by molar-refractivity contribution is 9.10. The zero-order valence-corrected chi connectivity index (χ0v) is 11.1. The van der Waals surface area contributed by atoms with Gasteiger partial charge in [-0.1, -0.05) is 15.9 Å². The maximum absolute atomic E-state index is 10.9. The summed E-state index contributed by atoms with van der Waals surface area (Å²) in [7, 11) is 1.41. The molecule has 4 heteroatoms. The Morgan fingerprint density at radius 3 is 2.88 bits per heavy atom. The molecule has 0 saturated carbocycles. The van der Waals surface area contributed by atoms with Gasteiger partial charge < -0.3 is 10.1 Å². The minimum atomic E-state index is -0.159. The Balaban J connectivity index is 2.32. The fraction of sp³-hybridized carbons (Fsp3) is 0.417. The summed E-state index contributed by atoms with van der Waals surface area (Å²) < 4.78 is 5.67. The van der Waals surface area contributed by atoms with Crippen molar-refractivity contribution in [1.82, 2.24) is 0 Å². The highest BCUT2D eigenvalue weighted by Gasteiger charge is 2.00. The number of methoxy groups -OCH3 is 1. The first-order valence-corrected chi connectivity index (χ1v) is 5.99. The quantitative estimate of drug-likeness (QED) is 0.667. The van der Waals surface area contributed by atoms with Crippen LogP contribution in [0.5, 0.6) is 0 Å². The first-order valence-electron chi connectivity index (χ1n) is 5.20. The Hall–Kier alpha value is -1.03. The number of rotatable bonds is 5. The van der Waals surface area contributed by atoms with Crippen LogP contribution < -0.4 is 5.32 Å². The Bertz CT molecular complexity index is 366. The van der Waals surface area contributed by atoms with E-state index in [4.69, 9.17) is 0 Å². The molecule has 0 aliphatic carbocycles. The molecule has 0 heterocycles. The molecule has 0 unspecified atom stereocenters. The molecule has 88 valence electrons. The van der Waals surface area contributed by atoms with Gasteiger partial charge in [-0.2, -0.15) is 0 Å². The van der Waals surface area contributed by atoms with Crippen molar-refractivity contribution in [3.05, 3.63) is 28.2 Å². The number of benzene rings is 1. The van der Waals surface area contributed by atoms with E-state index in [-0.39, 0.29) is 5.97 Å². The highest BCUT2D eigenvalue weighted by atomic mass is 79.9. The number of hydrogen-bond donors (Lipinski definition) is 1. The normalized spacial score (nSPS) is 9.94. The van der Waals surface area contributed by atoms with Gasteiger partial charge in [0, 0.05) is 23.1 Å². The molecule has 0 bridgehead atoms. The molecule has 0 fully saturated rings. The summed E-state index contributed by atoms with van der Waals surface area (Å²) >= 11 is 3.45. The van der Waals surface area contributed by atoms with Crippen molar-refractivity contribution in [2.45, 2.75) is 19.8 Å². The van der Waals surface area contributed by atoms with Crippen LogP contribution in [0.1, 0.15) is 18.4 Å². The number of halogens is 1. The second kappa shape index (κ2) is 6.53. The molecule has 0 aliphatic rings. The van der Waals surface area contributed by atoms with Gasteiger partial charge in [0.2, 0.25) is 0 Å². The van der Waals surface area contributed by atoms with Gasteiger partial charge in [-0.25, -0.2) is 0 Å². The molecule has 0 radical (unpaired) electrons. The van der Waals surface area contributed by atoms with Gasteiger partial charge in [-0.15, -0.1) is 0 Å². The van der Waals surface area contributed by atoms with Gasteiger partial charge >= 0.3 is 5.97 Å². The van der Waals surface area contributed by atoms with Crippen molar-refractivity contribution in [3.63, 3.8) is 0 Å². The summed E-state index contributed by atoms with van der Waals surface area (Å²) in [4.78, 5) is 10.9. The van der Waals surface area contributed by atoms with E-state index >= 15 is 0 Å². The molecule has 0 saturated heterocycles. The Morgan fingerprint density at radius 2 is 2.25 bits per heavy atom. The van der Waals surface area contributed by atoms with Crippen LogP contribution in [0.4, 0.5) is 5.69 Å². The lowest BCUT2D eigenvalue weighted by molar-refractivity contribution is -0.140. The molecular weight excluding hydrogens is 270 g/mol. The number of carbonyl (C=O) groups excluding carboxylic acids is 1. The van der Waals surface area contributed by atoms with Gasteiger partial charge in [0.1, 0.15) is 0 Å². The number of carbonyl (C=O) groups is 1. The van der Waals surface area contributed by atoms with Crippen molar-refractivity contribution in [3.8, 4) is 0 Å². The summed E-state index contributed by atoms with van der Waals surface area (Å²) in [5, 5.41) is 3.26. The zero-order chi connectivity index (χ0) is 12.0.